The van der Waals surface area contributed by atoms with Gasteiger partial charge >= 0.3 is 0 Å². The topological polar surface area (TPSA) is 130 Å². The molecule has 0 bridgehead atoms. The predicted octanol–water partition coefficient (Wildman–Crippen LogP) is 0.252. The summed E-state index contributed by atoms with van der Waals surface area (Å²) in [6, 6.07) is 3.76. The maximum absolute atomic E-state index is 8.98. The van der Waals surface area contributed by atoms with E-state index in [0.717, 1.165) is 0 Å². The van der Waals surface area contributed by atoms with Crippen LogP contribution >= 0.6 is 0 Å². The molecule has 2 aromatic rings. The third-order valence-electron chi connectivity index (χ3n) is 2.40. The predicted molar refractivity (Wildman–Crippen MR) is 62.3 cm³/mol. The summed E-state index contributed by atoms with van der Waals surface area (Å²) in [6.45, 7) is 3.68. The van der Waals surface area contributed by atoms with Crippen LogP contribution in [0.3, 0.4) is 0 Å². The fourth-order valence-corrected chi connectivity index (χ4v) is 1.43. The zero-order chi connectivity index (χ0) is 14.0. The summed E-state index contributed by atoms with van der Waals surface area (Å²) >= 11 is 0. The molecule has 0 saturated heterocycles. The van der Waals surface area contributed by atoms with E-state index in [1.165, 1.54) is 10.9 Å². The quantitative estimate of drug-likeness (QED) is 0.833. The minimum atomic E-state index is -0.702. The number of rotatable bonds is 3. The molecule has 0 saturated carbocycles. The van der Waals surface area contributed by atoms with Gasteiger partial charge in [-0.1, -0.05) is 5.16 Å². The lowest BCUT2D eigenvalue weighted by atomic mass is 10.1. The van der Waals surface area contributed by atoms with E-state index in [1.807, 2.05) is 12.1 Å². The molecule has 0 aliphatic carbocycles. The molecule has 0 atom stereocenters. The lowest BCUT2D eigenvalue weighted by molar-refractivity contribution is 0.355. The van der Waals surface area contributed by atoms with Gasteiger partial charge in [-0.05, 0) is 13.8 Å². The summed E-state index contributed by atoms with van der Waals surface area (Å²) in [7, 11) is 0. The Labute approximate surface area is 109 Å². The standard InChI is InChI=1S/C11H11N7O/c1-11(2,14)10-16-9(19-17-10)5-18-6-15-7(3-12)8(18)4-13/h6H,5,14H2,1-2H3. The SMILES string of the molecule is CC(C)(N)c1noc(Cn2cnc(C#N)c2C#N)n1. The highest BCUT2D eigenvalue weighted by Gasteiger charge is 2.22. The molecular formula is C11H11N7O. The van der Waals surface area contributed by atoms with Crippen molar-refractivity contribution in [1.29, 1.82) is 10.5 Å². The van der Waals surface area contributed by atoms with Crippen LogP contribution in [0.2, 0.25) is 0 Å². The van der Waals surface area contributed by atoms with Gasteiger partial charge in [0.1, 0.15) is 18.7 Å². The summed E-state index contributed by atoms with van der Waals surface area (Å²) in [5.41, 5.74) is 5.38. The zero-order valence-electron chi connectivity index (χ0n) is 10.5. The molecule has 8 nitrogen and oxygen atoms in total. The van der Waals surface area contributed by atoms with Crippen LogP contribution < -0.4 is 5.73 Å². The first kappa shape index (κ1) is 12.7. The van der Waals surface area contributed by atoms with Crippen LogP contribution in [0.25, 0.3) is 0 Å². The first-order chi connectivity index (χ1) is 8.95. The Morgan fingerprint density at radius 3 is 2.68 bits per heavy atom. The monoisotopic (exact) mass is 257 g/mol. The van der Waals surface area contributed by atoms with Crippen molar-refractivity contribution in [2.75, 3.05) is 0 Å². The number of nitriles is 2. The Morgan fingerprint density at radius 1 is 1.42 bits per heavy atom. The van der Waals surface area contributed by atoms with E-state index in [-0.39, 0.29) is 17.9 Å². The average molecular weight is 257 g/mol. The van der Waals surface area contributed by atoms with Crippen molar-refractivity contribution >= 4 is 0 Å². The molecule has 2 heterocycles. The molecule has 0 unspecified atom stereocenters. The molecule has 0 aliphatic heterocycles. The van der Waals surface area contributed by atoms with E-state index in [0.29, 0.717) is 11.7 Å². The molecule has 2 aromatic heterocycles. The minimum absolute atomic E-state index is 0.0707. The van der Waals surface area contributed by atoms with Crippen LogP contribution in [-0.4, -0.2) is 19.7 Å². The molecule has 0 amide bonds. The van der Waals surface area contributed by atoms with Gasteiger partial charge in [-0.2, -0.15) is 15.5 Å². The van der Waals surface area contributed by atoms with Crippen molar-refractivity contribution in [2.24, 2.45) is 5.73 Å². The van der Waals surface area contributed by atoms with Gasteiger partial charge in [0, 0.05) is 0 Å². The Morgan fingerprint density at radius 2 is 2.16 bits per heavy atom. The second kappa shape index (κ2) is 4.52. The third-order valence-corrected chi connectivity index (χ3v) is 2.40. The fraction of sp³-hybridized carbons (Fsp3) is 0.364. The molecule has 0 fully saturated rings. The van der Waals surface area contributed by atoms with Gasteiger partial charge in [-0.3, -0.25) is 0 Å². The van der Waals surface area contributed by atoms with E-state index >= 15 is 0 Å². The van der Waals surface area contributed by atoms with Crippen molar-refractivity contribution in [3.05, 3.63) is 29.4 Å². The number of aromatic nitrogens is 4. The van der Waals surface area contributed by atoms with Crippen molar-refractivity contribution in [3.63, 3.8) is 0 Å². The number of hydrogen-bond acceptors (Lipinski definition) is 7. The first-order valence-corrected chi connectivity index (χ1v) is 5.43. The lowest BCUT2D eigenvalue weighted by Gasteiger charge is -2.11. The van der Waals surface area contributed by atoms with Gasteiger partial charge in [0.05, 0.1) is 11.9 Å². The molecular weight excluding hydrogens is 246 g/mol. The number of imidazole rings is 1. The summed E-state index contributed by atoms with van der Waals surface area (Å²) in [5.74, 6) is 0.675. The molecule has 0 aliphatic rings. The highest BCUT2D eigenvalue weighted by Crippen LogP contribution is 2.14. The molecule has 2 N–H and O–H groups in total. The highest BCUT2D eigenvalue weighted by molar-refractivity contribution is 5.36. The van der Waals surface area contributed by atoms with E-state index < -0.39 is 5.54 Å². The summed E-state index contributed by atoms with van der Waals surface area (Å²) in [6.07, 6.45) is 1.38. The third kappa shape index (κ3) is 2.44. The van der Waals surface area contributed by atoms with E-state index in [2.05, 4.69) is 15.1 Å². The molecule has 2 rings (SSSR count). The van der Waals surface area contributed by atoms with E-state index in [4.69, 9.17) is 20.8 Å². The van der Waals surface area contributed by atoms with Crippen LogP contribution in [-0.2, 0) is 12.1 Å². The summed E-state index contributed by atoms with van der Waals surface area (Å²) < 4.78 is 6.53. The zero-order valence-corrected chi connectivity index (χ0v) is 10.5. The Bertz CT molecular complexity index is 677. The largest absolute Gasteiger partial charge is 0.337 e. The molecule has 0 spiro atoms. The van der Waals surface area contributed by atoms with Gasteiger partial charge in [0.15, 0.2) is 17.2 Å². The molecule has 0 radical (unpaired) electrons. The fourth-order valence-electron chi connectivity index (χ4n) is 1.43. The van der Waals surface area contributed by atoms with E-state index in [1.54, 1.807) is 13.8 Å². The van der Waals surface area contributed by atoms with Gasteiger partial charge < -0.3 is 14.8 Å². The van der Waals surface area contributed by atoms with Crippen molar-refractivity contribution in [3.8, 4) is 12.1 Å². The van der Waals surface area contributed by atoms with Crippen molar-refractivity contribution in [1.82, 2.24) is 19.7 Å². The summed E-state index contributed by atoms with van der Waals surface area (Å²) in [5, 5.41) is 21.6. The van der Waals surface area contributed by atoms with E-state index in [9.17, 15) is 0 Å². The smallest absolute Gasteiger partial charge is 0.246 e. The number of nitrogens with two attached hydrogens (primary N) is 1. The van der Waals surface area contributed by atoms with Gasteiger partial charge in [-0.15, -0.1) is 0 Å². The van der Waals surface area contributed by atoms with Gasteiger partial charge in [0.2, 0.25) is 5.89 Å². The molecule has 0 aromatic carbocycles. The summed E-state index contributed by atoms with van der Waals surface area (Å²) in [4.78, 5) is 7.97. The van der Waals surface area contributed by atoms with Crippen molar-refractivity contribution in [2.45, 2.75) is 25.9 Å². The highest BCUT2D eigenvalue weighted by atomic mass is 16.5. The van der Waals surface area contributed by atoms with Gasteiger partial charge in [0.25, 0.3) is 0 Å². The van der Waals surface area contributed by atoms with Crippen LogP contribution in [0.5, 0.6) is 0 Å². The van der Waals surface area contributed by atoms with Crippen molar-refractivity contribution < 1.29 is 4.52 Å². The second-order valence-electron chi connectivity index (χ2n) is 4.53. The average Bonchev–Trinajstić information content (AvgIpc) is 2.95. The normalized spacial score (nSPS) is 11.0. The Kier molecular flexibility index (Phi) is 3.03. The first-order valence-electron chi connectivity index (χ1n) is 5.43. The second-order valence-corrected chi connectivity index (χ2v) is 4.53. The lowest BCUT2D eigenvalue weighted by Crippen LogP contribution is -2.30. The maximum atomic E-state index is 8.98. The molecule has 8 heteroatoms. The number of hydrogen-bond donors (Lipinski definition) is 1. The Balaban J connectivity index is 2.28. The van der Waals surface area contributed by atoms with Crippen LogP contribution in [0.15, 0.2) is 10.9 Å². The van der Waals surface area contributed by atoms with Gasteiger partial charge in [-0.25, -0.2) is 4.98 Å². The molecule has 19 heavy (non-hydrogen) atoms. The molecule has 96 valence electrons. The van der Waals surface area contributed by atoms with Crippen LogP contribution in [0.1, 0.15) is 37.0 Å². The van der Waals surface area contributed by atoms with Crippen LogP contribution in [0, 0.1) is 22.7 Å². The minimum Gasteiger partial charge on any atom is -0.337 e. The maximum Gasteiger partial charge on any atom is 0.246 e. The number of nitrogens with zero attached hydrogens (tertiary/aromatic N) is 6. The van der Waals surface area contributed by atoms with Crippen LogP contribution in [0.4, 0.5) is 0 Å². The Hall–Kier alpha value is -2.71.